The van der Waals surface area contributed by atoms with E-state index >= 15 is 0 Å². The van der Waals surface area contributed by atoms with E-state index in [4.69, 9.17) is 0 Å². The van der Waals surface area contributed by atoms with Crippen LogP contribution in [0.5, 0.6) is 0 Å². The Morgan fingerprint density at radius 2 is 2.46 bits per heavy atom. The molecule has 0 unspecified atom stereocenters. The minimum atomic E-state index is -0.417. The van der Waals surface area contributed by atoms with Crippen molar-refractivity contribution in [2.45, 2.75) is 18.9 Å². The summed E-state index contributed by atoms with van der Waals surface area (Å²) in [6.45, 7) is 4.10. The summed E-state index contributed by atoms with van der Waals surface area (Å²) < 4.78 is 7.22. The Hall–Kier alpha value is -1.10. The number of hydrogen-bond donors (Lipinski definition) is 2. The van der Waals surface area contributed by atoms with Crippen molar-refractivity contribution in [3.63, 3.8) is 0 Å². The Labute approximate surface area is 81.2 Å². The van der Waals surface area contributed by atoms with Crippen LogP contribution in [0.1, 0.15) is 12.6 Å². The molecular weight excluding hydrogens is 188 g/mol. The number of ether oxygens (including phenoxy) is 1. The second kappa shape index (κ2) is 4.81. The molecule has 0 aromatic carbocycles. The number of H-pyrrole nitrogens is 1. The zero-order chi connectivity index (χ0) is 9.68. The summed E-state index contributed by atoms with van der Waals surface area (Å²) in [5.74, 6) is 0. The van der Waals surface area contributed by atoms with Crippen LogP contribution in [0.15, 0.2) is 17.2 Å². The maximum Gasteiger partial charge on any atom is 0.417 e. The minimum Gasteiger partial charge on any atom is -0.449 e. The molecule has 0 aliphatic carbocycles. The summed E-state index contributed by atoms with van der Waals surface area (Å²) in [5, 5.41) is 0.894. The van der Waals surface area contributed by atoms with E-state index in [0.717, 1.165) is 10.7 Å². The lowest BCUT2D eigenvalue weighted by molar-refractivity contribution is 0.159. The lowest BCUT2D eigenvalue weighted by Gasteiger charge is -2.01. The topological polar surface area (TPSA) is 54.1 Å². The molecule has 0 spiro atoms. The molecule has 0 bridgehead atoms. The van der Waals surface area contributed by atoms with Gasteiger partial charge >= 0.3 is 6.09 Å². The summed E-state index contributed by atoms with van der Waals surface area (Å²) >= 11 is 1.21. The molecule has 72 valence electrons. The Balaban J connectivity index is 2.30. The highest BCUT2D eigenvalue weighted by atomic mass is 32.2. The average molecular weight is 200 g/mol. The number of amides is 1. The van der Waals surface area contributed by atoms with Gasteiger partial charge in [-0.05, 0) is 26.0 Å². The van der Waals surface area contributed by atoms with E-state index in [9.17, 15) is 4.79 Å². The van der Waals surface area contributed by atoms with E-state index < -0.39 is 6.09 Å². The van der Waals surface area contributed by atoms with Gasteiger partial charge in [0.15, 0.2) is 0 Å². The fourth-order valence-corrected chi connectivity index (χ4v) is 1.40. The number of aromatic amines is 1. The van der Waals surface area contributed by atoms with Gasteiger partial charge in [0.2, 0.25) is 0 Å². The molecule has 1 heterocycles. The molecule has 0 atom stereocenters. The quantitative estimate of drug-likeness (QED) is 0.734. The van der Waals surface area contributed by atoms with Gasteiger partial charge in [-0.25, -0.2) is 4.79 Å². The Morgan fingerprint density at radius 3 is 3.00 bits per heavy atom. The van der Waals surface area contributed by atoms with Gasteiger partial charge < -0.3 is 9.72 Å². The summed E-state index contributed by atoms with van der Waals surface area (Å²) in [5.41, 5.74) is 1.06. The molecule has 0 fully saturated rings. The third kappa shape index (κ3) is 3.42. The molecule has 13 heavy (non-hydrogen) atoms. The van der Waals surface area contributed by atoms with Crippen molar-refractivity contribution in [1.29, 1.82) is 0 Å². The highest BCUT2D eigenvalue weighted by molar-refractivity contribution is 7.97. The molecule has 1 aromatic heterocycles. The average Bonchev–Trinajstić information content (AvgIpc) is 2.49. The van der Waals surface area contributed by atoms with Crippen LogP contribution < -0.4 is 4.72 Å². The number of carbonyl (C=O) groups excluding carboxylic acids is 1. The molecule has 0 saturated carbocycles. The molecule has 0 aliphatic rings. The van der Waals surface area contributed by atoms with Crippen LogP contribution in [0.25, 0.3) is 0 Å². The smallest absolute Gasteiger partial charge is 0.417 e. The molecule has 5 heteroatoms. The first-order valence-corrected chi connectivity index (χ1v) is 4.79. The third-order valence-corrected chi connectivity index (χ3v) is 2.05. The summed E-state index contributed by atoms with van der Waals surface area (Å²) in [7, 11) is 0. The first-order chi connectivity index (χ1) is 6.22. The molecular formula is C8H12N2O2S. The minimum absolute atomic E-state index is 0.385. The standard InChI is InChI=1S/C8H12N2O2S/c1-3-12-8(11)10-13-7-5-4-6(2)9-7/h4-5,9H,3H2,1-2H3,(H,10,11). The van der Waals surface area contributed by atoms with Crippen LogP contribution in [0.4, 0.5) is 4.79 Å². The second-order valence-electron chi connectivity index (χ2n) is 2.43. The Bertz CT molecular complexity index is 285. The first-order valence-electron chi connectivity index (χ1n) is 3.97. The predicted octanol–water partition coefficient (Wildman–Crippen LogP) is 2.08. The molecule has 0 saturated heterocycles. The van der Waals surface area contributed by atoms with Crippen LogP contribution in [0.3, 0.4) is 0 Å². The highest BCUT2D eigenvalue weighted by Crippen LogP contribution is 2.12. The van der Waals surface area contributed by atoms with Gasteiger partial charge in [0, 0.05) is 17.6 Å². The van der Waals surface area contributed by atoms with E-state index in [0.29, 0.717) is 6.61 Å². The van der Waals surface area contributed by atoms with Crippen LogP contribution in [0, 0.1) is 6.92 Å². The third-order valence-electron chi connectivity index (χ3n) is 1.32. The number of nitrogens with one attached hydrogen (secondary N) is 2. The maximum absolute atomic E-state index is 10.9. The lowest BCUT2D eigenvalue weighted by Crippen LogP contribution is -2.16. The van der Waals surface area contributed by atoms with Crippen molar-refractivity contribution in [3.8, 4) is 0 Å². The van der Waals surface area contributed by atoms with Crippen molar-refractivity contribution in [2.24, 2.45) is 0 Å². The molecule has 0 radical (unpaired) electrons. The van der Waals surface area contributed by atoms with Crippen LogP contribution in [0.2, 0.25) is 0 Å². The van der Waals surface area contributed by atoms with Gasteiger partial charge in [0.05, 0.1) is 11.6 Å². The first kappa shape index (κ1) is 9.98. The van der Waals surface area contributed by atoms with Crippen molar-refractivity contribution in [2.75, 3.05) is 6.61 Å². The van der Waals surface area contributed by atoms with Crippen molar-refractivity contribution < 1.29 is 9.53 Å². The fraction of sp³-hybridized carbons (Fsp3) is 0.375. The molecule has 1 amide bonds. The van der Waals surface area contributed by atoms with E-state index in [-0.39, 0.29) is 0 Å². The molecule has 4 nitrogen and oxygen atoms in total. The largest absolute Gasteiger partial charge is 0.449 e. The van der Waals surface area contributed by atoms with Gasteiger partial charge in [0.1, 0.15) is 0 Å². The number of aromatic nitrogens is 1. The van der Waals surface area contributed by atoms with Crippen LogP contribution >= 0.6 is 11.9 Å². The fourth-order valence-electron chi connectivity index (χ4n) is 0.795. The maximum atomic E-state index is 10.9. The van der Waals surface area contributed by atoms with Gasteiger partial charge in [-0.15, -0.1) is 0 Å². The highest BCUT2D eigenvalue weighted by Gasteiger charge is 2.01. The second-order valence-corrected chi connectivity index (χ2v) is 3.28. The summed E-state index contributed by atoms with van der Waals surface area (Å²) in [6, 6.07) is 3.83. The van der Waals surface area contributed by atoms with E-state index in [2.05, 4.69) is 14.4 Å². The van der Waals surface area contributed by atoms with E-state index in [1.165, 1.54) is 11.9 Å². The Kier molecular flexibility index (Phi) is 3.70. The van der Waals surface area contributed by atoms with E-state index in [1.54, 1.807) is 6.92 Å². The van der Waals surface area contributed by atoms with Gasteiger partial charge in [0.25, 0.3) is 0 Å². The number of rotatable bonds is 3. The number of aryl methyl sites for hydroxylation is 1. The number of hydrogen-bond acceptors (Lipinski definition) is 3. The van der Waals surface area contributed by atoms with Crippen molar-refractivity contribution in [3.05, 3.63) is 17.8 Å². The monoisotopic (exact) mass is 200 g/mol. The normalized spacial score (nSPS) is 9.69. The van der Waals surface area contributed by atoms with Crippen LogP contribution in [-0.2, 0) is 4.74 Å². The molecule has 0 aliphatic heterocycles. The Morgan fingerprint density at radius 1 is 1.69 bits per heavy atom. The van der Waals surface area contributed by atoms with Crippen molar-refractivity contribution >= 4 is 18.0 Å². The molecule has 1 rings (SSSR count). The van der Waals surface area contributed by atoms with Gasteiger partial charge in [-0.1, -0.05) is 0 Å². The zero-order valence-electron chi connectivity index (χ0n) is 7.59. The predicted molar refractivity (Wildman–Crippen MR) is 51.5 cm³/mol. The summed E-state index contributed by atoms with van der Waals surface area (Å²) in [6.07, 6.45) is -0.417. The van der Waals surface area contributed by atoms with E-state index in [1.807, 2.05) is 19.1 Å². The molecule has 1 aromatic rings. The molecule has 2 N–H and O–H groups in total. The van der Waals surface area contributed by atoms with Gasteiger partial charge in [-0.3, -0.25) is 4.72 Å². The zero-order valence-corrected chi connectivity index (χ0v) is 8.40. The van der Waals surface area contributed by atoms with Crippen molar-refractivity contribution in [1.82, 2.24) is 9.71 Å². The lowest BCUT2D eigenvalue weighted by atomic mass is 10.5. The van der Waals surface area contributed by atoms with Crippen LogP contribution in [-0.4, -0.2) is 17.7 Å². The number of carbonyl (C=O) groups is 1. The SMILES string of the molecule is CCOC(=O)NSc1ccc(C)[nH]1. The summed E-state index contributed by atoms with van der Waals surface area (Å²) in [4.78, 5) is 13.9. The van der Waals surface area contributed by atoms with Gasteiger partial charge in [-0.2, -0.15) is 0 Å².